The van der Waals surface area contributed by atoms with E-state index in [1.54, 1.807) is 0 Å². The van der Waals surface area contributed by atoms with Crippen molar-refractivity contribution in [1.82, 2.24) is 10.2 Å². The minimum absolute atomic E-state index is 0.0386. The summed E-state index contributed by atoms with van der Waals surface area (Å²) < 4.78 is 0. The summed E-state index contributed by atoms with van der Waals surface area (Å²) in [5.41, 5.74) is 0. The molecule has 1 aliphatic rings. The van der Waals surface area contributed by atoms with Crippen molar-refractivity contribution >= 4 is 17.7 Å². The fourth-order valence-corrected chi connectivity index (χ4v) is 2.71. The molecule has 1 amide bonds. The van der Waals surface area contributed by atoms with Crippen molar-refractivity contribution in [2.24, 2.45) is 0 Å². The van der Waals surface area contributed by atoms with Gasteiger partial charge >= 0.3 is 0 Å². The lowest BCUT2D eigenvalue weighted by Crippen LogP contribution is -2.41. The number of carbonyl (C=O) groups is 1. The van der Waals surface area contributed by atoms with Crippen LogP contribution in [0.1, 0.15) is 33.6 Å². The zero-order chi connectivity index (χ0) is 11.4. The van der Waals surface area contributed by atoms with Crippen LogP contribution >= 0.6 is 11.8 Å². The van der Waals surface area contributed by atoms with Gasteiger partial charge in [0, 0.05) is 6.04 Å². The van der Waals surface area contributed by atoms with E-state index in [9.17, 15) is 4.79 Å². The Morgan fingerprint density at radius 3 is 2.73 bits per heavy atom. The predicted octanol–water partition coefficient (Wildman–Crippen LogP) is 1.68. The highest BCUT2D eigenvalue weighted by Gasteiger charge is 2.37. The molecule has 1 rings (SSSR count). The molecule has 1 fully saturated rings. The molecule has 4 heteroatoms. The Balaban J connectivity index is 2.56. The Morgan fingerprint density at radius 1 is 1.60 bits per heavy atom. The Morgan fingerprint density at radius 2 is 2.27 bits per heavy atom. The molecule has 88 valence electrons. The van der Waals surface area contributed by atoms with Crippen LogP contribution in [-0.4, -0.2) is 41.1 Å². The first kappa shape index (κ1) is 12.8. The number of rotatable bonds is 5. The standard InChI is InChI=1S/C11H22N2OS/c1-5-10-11(14)13(9(3)12-10)8(2)6-7-15-4/h8-10,12H,5-7H2,1-4H3. The molecule has 1 aliphatic heterocycles. The van der Waals surface area contributed by atoms with Gasteiger partial charge < -0.3 is 4.90 Å². The van der Waals surface area contributed by atoms with E-state index in [1.165, 1.54) is 0 Å². The predicted molar refractivity (Wildman–Crippen MR) is 66.0 cm³/mol. The third kappa shape index (κ3) is 2.88. The monoisotopic (exact) mass is 230 g/mol. The minimum atomic E-state index is 0.0386. The first-order valence-electron chi connectivity index (χ1n) is 5.69. The second-order valence-electron chi connectivity index (χ2n) is 4.18. The zero-order valence-electron chi connectivity index (χ0n) is 10.1. The Kier molecular flexibility index (Phi) is 4.93. The van der Waals surface area contributed by atoms with E-state index in [-0.39, 0.29) is 18.1 Å². The van der Waals surface area contributed by atoms with Gasteiger partial charge in [-0.05, 0) is 38.7 Å². The second kappa shape index (κ2) is 5.75. The number of thioether (sulfide) groups is 1. The molecule has 0 radical (unpaired) electrons. The summed E-state index contributed by atoms with van der Waals surface area (Å²) in [5, 5.41) is 3.33. The van der Waals surface area contributed by atoms with Crippen molar-refractivity contribution in [3.8, 4) is 0 Å². The summed E-state index contributed by atoms with van der Waals surface area (Å²) in [6.45, 7) is 6.27. The van der Waals surface area contributed by atoms with Crippen molar-refractivity contribution in [1.29, 1.82) is 0 Å². The van der Waals surface area contributed by atoms with E-state index in [0.29, 0.717) is 6.04 Å². The summed E-state index contributed by atoms with van der Waals surface area (Å²) in [6.07, 6.45) is 4.26. The molecule has 0 aromatic rings. The molecule has 0 bridgehead atoms. The maximum absolute atomic E-state index is 12.0. The van der Waals surface area contributed by atoms with Gasteiger partial charge in [-0.25, -0.2) is 0 Å². The Hall–Kier alpha value is -0.220. The summed E-state index contributed by atoms with van der Waals surface area (Å²) in [7, 11) is 0. The summed E-state index contributed by atoms with van der Waals surface area (Å²) in [5.74, 6) is 1.40. The molecule has 1 N–H and O–H groups in total. The van der Waals surface area contributed by atoms with Crippen LogP contribution in [0.2, 0.25) is 0 Å². The van der Waals surface area contributed by atoms with Crippen LogP contribution in [0.4, 0.5) is 0 Å². The van der Waals surface area contributed by atoms with E-state index < -0.39 is 0 Å². The lowest BCUT2D eigenvalue weighted by Gasteiger charge is -2.28. The van der Waals surface area contributed by atoms with Gasteiger partial charge in [0.1, 0.15) is 0 Å². The molecule has 0 spiro atoms. The number of nitrogens with zero attached hydrogens (tertiary/aromatic N) is 1. The van der Waals surface area contributed by atoms with Crippen LogP contribution in [0.3, 0.4) is 0 Å². The fraction of sp³-hybridized carbons (Fsp3) is 0.909. The van der Waals surface area contributed by atoms with Gasteiger partial charge in [0.2, 0.25) is 5.91 Å². The molecule has 0 aliphatic carbocycles. The molecule has 0 aromatic heterocycles. The average molecular weight is 230 g/mol. The number of nitrogens with one attached hydrogen (secondary N) is 1. The van der Waals surface area contributed by atoms with E-state index in [4.69, 9.17) is 0 Å². The SMILES string of the molecule is CCC1NC(C)N(C(C)CCSC)C1=O. The number of amides is 1. The number of carbonyl (C=O) groups excluding carboxylic acids is 1. The normalized spacial score (nSPS) is 28.5. The third-order valence-corrected chi connectivity index (χ3v) is 3.68. The zero-order valence-corrected chi connectivity index (χ0v) is 10.9. The van der Waals surface area contributed by atoms with E-state index in [0.717, 1.165) is 18.6 Å². The largest absolute Gasteiger partial charge is 0.323 e. The Bertz CT molecular complexity index is 223. The number of hydrogen-bond acceptors (Lipinski definition) is 3. The van der Waals surface area contributed by atoms with Gasteiger partial charge in [0.25, 0.3) is 0 Å². The molecule has 15 heavy (non-hydrogen) atoms. The second-order valence-corrected chi connectivity index (χ2v) is 5.17. The van der Waals surface area contributed by atoms with Crippen molar-refractivity contribution in [3.63, 3.8) is 0 Å². The van der Waals surface area contributed by atoms with Crippen LogP contribution in [0.15, 0.2) is 0 Å². The van der Waals surface area contributed by atoms with Crippen LogP contribution in [0.5, 0.6) is 0 Å². The van der Waals surface area contributed by atoms with Crippen LogP contribution in [-0.2, 0) is 4.79 Å². The van der Waals surface area contributed by atoms with Gasteiger partial charge in [-0.1, -0.05) is 6.92 Å². The molecule has 0 saturated carbocycles. The van der Waals surface area contributed by atoms with Crippen molar-refractivity contribution < 1.29 is 4.79 Å². The lowest BCUT2D eigenvalue weighted by atomic mass is 10.2. The fourth-order valence-electron chi connectivity index (χ4n) is 2.13. The van der Waals surface area contributed by atoms with Gasteiger partial charge in [-0.15, -0.1) is 0 Å². The van der Waals surface area contributed by atoms with Gasteiger partial charge in [-0.2, -0.15) is 11.8 Å². The summed E-state index contributed by atoms with van der Waals surface area (Å²) in [4.78, 5) is 14.0. The molecule has 1 saturated heterocycles. The summed E-state index contributed by atoms with van der Waals surface area (Å²) >= 11 is 1.84. The smallest absolute Gasteiger partial charge is 0.241 e. The quantitative estimate of drug-likeness (QED) is 0.780. The maximum atomic E-state index is 12.0. The Labute approximate surface area is 97.0 Å². The molecule has 3 atom stereocenters. The molecule has 1 heterocycles. The van der Waals surface area contributed by atoms with Gasteiger partial charge in [-0.3, -0.25) is 10.1 Å². The van der Waals surface area contributed by atoms with E-state index >= 15 is 0 Å². The van der Waals surface area contributed by atoms with E-state index in [1.807, 2.05) is 16.7 Å². The highest BCUT2D eigenvalue weighted by molar-refractivity contribution is 7.98. The van der Waals surface area contributed by atoms with Crippen molar-refractivity contribution in [3.05, 3.63) is 0 Å². The highest BCUT2D eigenvalue weighted by Crippen LogP contribution is 2.18. The molecule has 3 nitrogen and oxygen atoms in total. The van der Waals surface area contributed by atoms with Crippen LogP contribution in [0, 0.1) is 0 Å². The third-order valence-electron chi connectivity index (χ3n) is 3.04. The lowest BCUT2D eigenvalue weighted by molar-refractivity contribution is -0.131. The average Bonchev–Trinajstić information content (AvgIpc) is 2.50. The molecular weight excluding hydrogens is 208 g/mol. The molecular formula is C11H22N2OS. The minimum Gasteiger partial charge on any atom is -0.323 e. The van der Waals surface area contributed by atoms with Gasteiger partial charge in [0.15, 0.2) is 0 Å². The first-order valence-corrected chi connectivity index (χ1v) is 7.08. The van der Waals surface area contributed by atoms with Crippen molar-refractivity contribution in [2.75, 3.05) is 12.0 Å². The van der Waals surface area contributed by atoms with E-state index in [2.05, 4.69) is 32.3 Å². The molecule has 0 aromatic carbocycles. The van der Waals surface area contributed by atoms with Crippen molar-refractivity contribution in [2.45, 2.75) is 51.9 Å². The topological polar surface area (TPSA) is 32.3 Å². The maximum Gasteiger partial charge on any atom is 0.241 e. The molecule has 3 unspecified atom stereocenters. The highest BCUT2D eigenvalue weighted by atomic mass is 32.2. The van der Waals surface area contributed by atoms with Crippen LogP contribution < -0.4 is 5.32 Å². The number of hydrogen-bond donors (Lipinski definition) is 1. The first-order chi connectivity index (χ1) is 7.11. The summed E-state index contributed by atoms with van der Waals surface area (Å²) in [6, 6.07) is 0.390. The van der Waals surface area contributed by atoms with Gasteiger partial charge in [0.05, 0.1) is 12.2 Å². The van der Waals surface area contributed by atoms with Crippen LogP contribution in [0.25, 0.3) is 0 Å².